The second-order valence-corrected chi connectivity index (χ2v) is 9.88. The average Bonchev–Trinajstić information content (AvgIpc) is 3.31. The molecule has 0 saturated carbocycles. The number of amides is 2. The summed E-state index contributed by atoms with van der Waals surface area (Å²) in [5, 5.41) is 4.72. The lowest BCUT2D eigenvalue weighted by Crippen LogP contribution is -2.54. The zero-order valence-corrected chi connectivity index (χ0v) is 22.8. The van der Waals surface area contributed by atoms with E-state index in [-0.39, 0.29) is 12.5 Å². The van der Waals surface area contributed by atoms with Gasteiger partial charge in [-0.2, -0.15) is 8.78 Å². The topological polar surface area (TPSA) is 93.7 Å². The van der Waals surface area contributed by atoms with Gasteiger partial charge >= 0.3 is 12.1 Å². The lowest BCUT2D eigenvalue weighted by molar-refractivity contribution is -0.139. The van der Waals surface area contributed by atoms with Crippen LogP contribution < -0.4 is 15.4 Å². The maximum atomic E-state index is 13.9. The Kier molecular flexibility index (Phi) is 9.13. The Hall–Kier alpha value is -4.48. The molecule has 1 aliphatic carbocycles. The fourth-order valence-electron chi connectivity index (χ4n) is 4.69. The Labute approximate surface area is 238 Å². The molecule has 1 aliphatic rings. The summed E-state index contributed by atoms with van der Waals surface area (Å²) in [7, 11) is 0. The van der Waals surface area contributed by atoms with Gasteiger partial charge in [0.1, 0.15) is 18.7 Å². The van der Waals surface area contributed by atoms with Gasteiger partial charge in [-0.05, 0) is 35.1 Å². The number of hydrogen-bond donors (Lipinski definition) is 2. The minimum absolute atomic E-state index is 0.0145. The molecule has 222 valence electrons. The molecule has 0 bridgehead atoms. The number of esters is 1. The van der Waals surface area contributed by atoms with Gasteiger partial charge in [-0.1, -0.05) is 68.8 Å². The van der Waals surface area contributed by atoms with Crippen LogP contribution in [0, 0.1) is 35.0 Å². The van der Waals surface area contributed by atoms with Gasteiger partial charge in [-0.15, -0.1) is 0 Å². The van der Waals surface area contributed by atoms with E-state index in [2.05, 4.69) is 15.4 Å². The van der Waals surface area contributed by atoms with Crippen molar-refractivity contribution < 1.29 is 45.8 Å². The normalized spacial score (nSPS) is 14.3. The molecule has 0 aromatic heterocycles. The number of hydrogen-bond acceptors (Lipinski definition) is 5. The van der Waals surface area contributed by atoms with Gasteiger partial charge in [0.05, 0.1) is 0 Å². The summed E-state index contributed by atoms with van der Waals surface area (Å²) in [4.78, 5) is 38.2. The second kappa shape index (κ2) is 12.6. The van der Waals surface area contributed by atoms with Crippen molar-refractivity contribution in [2.24, 2.45) is 5.92 Å². The SMILES string of the molecule is CC[C@H](C)[C@H](NC(=O)OCC1c2ccccc2-c2ccccc21)C(=O)N[C@@H](C)C(=O)Oc1c(F)c(F)c(F)c(F)c1F. The zero-order valence-electron chi connectivity index (χ0n) is 22.8. The van der Waals surface area contributed by atoms with Crippen molar-refractivity contribution in [1.29, 1.82) is 0 Å². The summed E-state index contributed by atoms with van der Waals surface area (Å²) in [6, 6.07) is 12.7. The smallest absolute Gasteiger partial charge is 0.407 e. The highest BCUT2D eigenvalue weighted by Crippen LogP contribution is 2.44. The predicted octanol–water partition coefficient (Wildman–Crippen LogP) is 5.75. The summed E-state index contributed by atoms with van der Waals surface area (Å²) in [6.45, 7) is 4.48. The average molecular weight is 591 g/mol. The molecule has 0 fully saturated rings. The van der Waals surface area contributed by atoms with E-state index in [0.717, 1.165) is 29.2 Å². The molecule has 12 heteroatoms. The van der Waals surface area contributed by atoms with Crippen LogP contribution in [0.3, 0.4) is 0 Å². The van der Waals surface area contributed by atoms with Crippen LogP contribution in [-0.2, 0) is 14.3 Å². The van der Waals surface area contributed by atoms with E-state index in [0.29, 0.717) is 6.42 Å². The van der Waals surface area contributed by atoms with E-state index in [1.165, 1.54) is 0 Å². The maximum Gasteiger partial charge on any atom is 0.407 e. The minimum atomic E-state index is -2.41. The lowest BCUT2D eigenvalue weighted by atomic mass is 9.98. The number of halogens is 5. The molecule has 0 aliphatic heterocycles. The first-order chi connectivity index (χ1) is 20.0. The van der Waals surface area contributed by atoms with Gasteiger partial charge in [0.2, 0.25) is 40.7 Å². The van der Waals surface area contributed by atoms with Gasteiger partial charge in [0.25, 0.3) is 0 Å². The first kappa shape index (κ1) is 30.5. The van der Waals surface area contributed by atoms with Crippen LogP contribution in [0.2, 0.25) is 0 Å². The van der Waals surface area contributed by atoms with E-state index < -0.39 is 70.8 Å². The monoisotopic (exact) mass is 590 g/mol. The van der Waals surface area contributed by atoms with Gasteiger partial charge in [0, 0.05) is 5.92 Å². The van der Waals surface area contributed by atoms with Crippen LogP contribution in [0.4, 0.5) is 26.7 Å². The van der Waals surface area contributed by atoms with Crippen molar-refractivity contribution in [3.63, 3.8) is 0 Å². The summed E-state index contributed by atoms with van der Waals surface area (Å²) in [6.07, 6.45) is -0.473. The second-order valence-electron chi connectivity index (χ2n) is 9.88. The van der Waals surface area contributed by atoms with Crippen molar-refractivity contribution in [3.8, 4) is 16.9 Å². The number of carbonyl (C=O) groups is 3. The number of carbonyl (C=O) groups excluding carboxylic acids is 3. The number of nitrogens with one attached hydrogen (secondary N) is 2. The minimum Gasteiger partial charge on any atom is -0.449 e. The molecule has 3 atom stereocenters. The number of ether oxygens (including phenoxy) is 2. The molecule has 0 radical (unpaired) electrons. The van der Waals surface area contributed by atoms with Crippen molar-refractivity contribution >= 4 is 18.0 Å². The van der Waals surface area contributed by atoms with Crippen molar-refractivity contribution in [1.82, 2.24) is 10.6 Å². The number of alkyl carbamates (subject to hydrolysis) is 1. The Morgan fingerprint density at radius 2 is 1.29 bits per heavy atom. The first-order valence-corrected chi connectivity index (χ1v) is 13.1. The lowest BCUT2D eigenvalue weighted by Gasteiger charge is -2.25. The summed E-state index contributed by atoms with van der Waals surface area (Å²) < 4.78 is 77.9. The summed E-state index contributed by atoms with van der Waals surface area (Å²) in [5.74, 6) is -16.5. The highest BCUT2D eigenvalue weighted by Gasteiger charge is 2.33. The van der Waals surface area contributed by atoms with Crippen molar-refractivity contribution in [3.05, 3.63) is 88.7 Å². The fourth-order valence-corrected chi connectivity index (χ4v) is 4.69. The molecule has 0 unspecified atom stereocenters. The number of rotatable bonds is 9. The van der Waals surface area contributed by atoms with Crippen LogP contribution >= 0.6 is 0 Å². The van der Waals surface area contributed by atoms with Gasteiger partial charge in [-0.3, -0.25) is 4.79 Å². The first-order valence-electron chi connectivity index (χ1n) is 13.1. The fraction of sp³-hybridized carbons (Fsp3) is 0.300. The van der Waals surface area contributed by atoms with Gasteiger partial charge in [0.15, 0.2) is 0 Å². The third-order valence-corrected chi connectivity index (χ3v) is 7.20. The molecular formula is C30H27F5N2O5. The molecular weight excluding hydrogens is 563 g/mol. The molecule has 2 N–H and O–H groups in total. The van der Waals surface area contributed by atoms with E-state index in [1.54, 1.807) is 13.8 Å². The number of fused-ring (bicyclic) bond motifs is 3. The Balaban J connectivity index is 1.40. The largest absolute Gasteiger partial charge is 0.449 e. The Morgan fingerprint density at radius 3 is 1.81 bits per heavy atom. The molecule has 42 heavy (non-hydrogen) atoms. The Morgan fingerprint density at radius 1 is 0.786 bits per heavy atom. The van der Waals surface area contributed by atoms with Crippen LogP contribution in [0.15, 0.2) is 48.5 Å². The molecule has 0 spiro atoms. The van der Waals surface area contributed by atoms with Gasteiger partial charge < -0.3 is 20.1 Å². The van der Waals surface area contributed by atoms with Crippen LogP contribution in [0.5, 0.6) is 5.75 Å². The molecule has 7 nitrogen and oxygen atoms in total. The quantitative estimate of drug-likeness (QED) is 0.109. The van der Waals surface area contributed by atoms with Crippen molar-refractivity contribution in [2.45, 2.75) is 45.2 Å². The van der Waals surface area contributed by atoms with E-state index in [9.17, 15) is 36.3 Å². The highest BCUT2D eigenvalue weighted by molar-refractivity contribution is 5.90. The zero-order chi connectivity index (χ0) is 30.7. The highest BCUT2D eigenvalue weighted by atomic mass is 19.2. The van der Waals surface area contributed by atoms with Crippen LogP contribution in [-0.4, -0.2) is 36.7 Å². The number of benzene rings is 3. The molecule has 4 rings (SSSR count). The molecule has 3 aromatic rings. The molecule has 0 saturated heterocycles. The van der Waals surface area contributed by atoms with Crippen LogP contribution in [0.25, 0.3) is 11.1 Å². The maximum absolute atomic E-state index is 13.9. The van der Waals surface area contributed by atoms with Crippen molar-refractivity contribution in [2.75, 3.05) is 6.61 Å². The molecule has 0 heterocycles. The predicted molar refractivity (Wildman–Crippen MR) is 141 cm³/mol. The summed E-state index contributed by atoms with van der Waals surface area (Å²) >= 11 is 0. The van der Waals surface area contributed by atoms with E-state index in [1.807, 2.05) is 48.5 Å². The summed E-state index contributed by atoms with van der Waals surface area (Å²) in [5.41, 5.74) is 4.05. The Bertz CT molecular complexity index is 1460. The van der Waals surface area contributed by atoms with E-state index >= 15 is 0 Å². The van der Waals surface area contributed by atoms with E-state index in [4.69, 9.17) is 4.74 Å². The van der Waals surface area contributed by atoms with Crippen LogP contribution in [0.1, 0.15) is 44.2 Å². The molecule has 2 amide bonds. The van der Waals surface area contributed by atoms with Gasteiger partial charge in [-0.25, -0.2) is 22.8 Å². The third-order valence-electron chi connectivity index (χ3n) is 7.20. The molecule has 3 aromatic carbocycles. The standard InChI is InChI=1S/C30H27F5N2O5/c1-4-14(2)26(28(38)36-15(3)29(39)42-27-24(34)22(32)21(31)23(33)25(27)35)37-30(40)41-13-20-18-11-7-5-9-16(18)17-10-6-8-12-19(17)20/h5-12,14-15,20,26H,4,13H2,1-3H3,(H,36,38)(H,37,40)/t14-,15-,26-/m0/s1. The third kappa shape index (κ3) is 5.93.